The van der Waals surface area contributed by atoms with Crippen LogP contribution in [-0.2, 0) is 0 Å². The third-order valence-corrected chi connectivity index (χ3v) is 3.32. The first-order chi connectivity index (χ1) is 9.90. The molecule has 0 fully saturated rings. The van der Waals surface area contributed by atoms with Crippen molar-refractivity contribution < 1.29 is 4.42 Å². The Bertz CT molecular complexity index is 881. The van der Waals surface area contributed by atoms with Crippen LogP contribution in [0.5, 0.6) is 0 Å². The second-order valence-electron chi connectivity index (χ2n) is 4.65. The quantitative estimate of drug-likeness (QED) is 0.566. The minimum absolute atomic E-state index is 0.822. The maximum Gasteiger partial charge on any atom is 0.137 e. The van der Waals surface area contributed by atoms with E-state index in [2.05, 4.69) is 22.4 Å². The van der Waals surface area contributed by atoms with E-state index < -0.39 is 0 Å². The van der Waals surface area contributed by atoms with Gasteiger partial charge in [0.15, 0.2) is 0 Å². The molecule has 3 heteroatoms. The van der Waals surface area contributed by atoms with E-state index in [1.54, 1.807) is 6.20 Å². The number of nitrogens with zero attached hydrogens (tertiary/aromatic N) is 1. The number of benzene rings is 2. The fourth-order valence-electron chi connectivity index (χ4n) is 2.39. The smallest absolute Gasteiger partial charge is 0.137 e. The summed E-state index contributed by atoms with van der Waals surface area (Å²) in [6.07, 6.45) is 1.77. The van der Waals surface area contributed by atoms with Gasteiger partial charge in [-0.15, -0.1) is 0 Å². The molecule has 4 rings (SSSR count). The number of nitrogens with one attached hydrogen (secondary N) is 1. The van der Waals surface area contributed by atoms with Crippen LogP contribution in [0.25, 0.3) is 21.9 Å². The Morgan fingerprint density at radius 2 is 1.65 bits per heavy atom. The molecule has 0 unspecified atom stereocenters. The van der Waals surface area contributed by atoms with Crippen LogP contribution in [0.15, 0.2) is 71.3 Å². The lowest BCUT2D eigenvalue weighted by Crippen LogP contribution is -1.91. The summed E-state index contributed by atoms with van der Waals surface area (Å²) < 4.78 is 5.87. The fraction of sp³-hybridized carbons (Fsp3) is 0. The molecule has 96 valence electrons. The molecule has 0 radical (unpaired) electrons. The Hall–Kier alpha value is -2.81. The van der Waals surface area contributed by atoms with Crippen LogP contribution in [0.2, 0.25) is 0 Å². The average molecular weight is 260 g/mol. The SMILES string of the molecule is c1ccc(Nc2ccc3c(c2)oc2ccccc23)nc1. The van der Waals surface area contributed by atoms with Crippen LogP contribution < -0.4 is 5.32 Å². The maximum atomic E-state index is 5.87. The Morgan fingerprint density at radius 3 is 2.55 bits per heavy atom. The number of hydrogen-bond donors (Lipinski definition) is 1. The van der Waals surface area contributed by atoms with Crippen molar-refractivity contribution >= 4 is 33.4 Å². The molecule has 2 heterocycles. The van der Waals surface area contributed by atoms with Crippen molar-refractivity contribution in [2.75, 3.05) is 5.32 Å². The predicted molar refractivity (Wildman–Crippen MR) is 81.2 cm³/mol. The topological polar surface area (TPSA) is 38.1 Å². The molecule has 1 N–H and O–H groups in total. The summed E-state index contributed by atoms with van der Waals surface area (Å²) in [5.41, 5.74) is 2.76. The molecular formula is C17H12N2O. The lowest BCUT2D eigenvalue weighted by atomic mass is 10.1. The molecule has 0 aliphatic rings. The van der Waals surface area contributed by atoms with Crippen molar-refractivity contribution in [2.45, 2.75) is 0 Å². The van der Waals surface area contributed by atoms with Crippen LogP contribution in [0, 0.1) is 0 Å². The van der Waals surface area contributed by atoms with Gasteiger partial charge in [0, 0.05) is 28.7 Å². The molecule has 0 atom stereocenters. The van der Waals surface area contributed by atoms with Crippen molar-refractivity contribution in [3.63, 3.8) is 0 Å². The predicted octanol–water partition coefficient (Wildman–Crippen LogP) is 4.72. The minimum atomic E-state index is 0.822. The molecule has 3 nitrogen and oxygen atoms in total. The lowest BCUT2D eigenvalue weighted by molar-refractivity contribution is 0.669. The number of para-hydroxylation sites is 1. The van der Waals surface area contributed by atoms with Gasteiger partial charge in [-0.1, -0.05) is 24.3 Å². The van der Waals surface area contributed by atoms with Gasteiger partial charge in [0.1, 0.15) is 17.0 Å². The van der Waals surface area contributed by atoms with Gasteiger partial charge in [-0.3, -0.25) is 0 Å². The van der Waals surface area contributed by atoms with Crippen molar-refractivity contribution in [2.24, 2.45) is 0 Å². The Labute approximate surface area is 115 Å². The highest BCUT2D eigenvalue weighted by atomic mass is 16.3. The van der Waals surface area contributed by atoms with Crippen LogP contribution in [0.4, 0.5) is 11.5 Å². The first-order valence-electron chi connectivity index (χ1n) is 6.49. The monoisotopic (exact) mass is 260 g/mol. The second-order valence-corrected chi connectivity index (χ2v) is 4.65. The molecule has 4 aromatic rings. The molecule has 0 aliphatic carbocycles. The highest BCUT2D eigenvalue weighted by Gasteiger charge is 2.06. The van der Waals surface area contributed by atoms with E-state index >= 15 is 0 Å². The third kappa shape index (κ3) is 1.80. The van der Waals surface area contributed by atoms with Gasteiger partial charge in [0.05, 0.1) is 0 Å². The van der Waals surface area contributed by atoms with Crippen molar-refractivity contribution in [1.29, 1.82) is 0 Å². The number of pyridine rings is 1. The lowest BCUT2D eigenvalue weighted by Gasteiger charge is -2.04. The van der Waals surface area contributed by atoms with Crippen LogP contribution in [-0.4, -0.2) is 4.98 Å². The first kappa shape index (κ1) is 11.1. The van der Waals surface area contributed by atoms with E-state index in [9.17, 15) is 0 Å². The second kappa shape index (κ2) is 4.38. The molecule has 0 bridgehead atoms. The molecule has 2 aromatic heterocycles. The standard InChI is InChI=1S/C17H12N2O/c1-2-6-15-13(5-1)14-9-8-12(11-16(14)20-15)19-17-7-3-4-10-18-17/h1-11H,(H,18,19). The Morgan fingerprint density at radius 1 is 0.800 bits per heavy atom. The van der Waals surface area contributed by atoms with Crippen molar-refractivity contribution in [3.05, 3.63) is 66.9 Å². The zero-order valence-electron chi connectivity index (χ0n) is 10.7. The number of aromatic nitrogens is 1. The summed E-state index contributed by atoms with van der Waals surface area (Å²) >= 11 is 0. The Balaban J connectivity index is 1.81. The molecule has 0 spiro atoms. The number of anilines is 2. The molecule has 20 heavy (non-hydrogen) atoms. The highest BCUT2D eigenvalue weighted by Crippen LogP contribution is 2.30. The Kier molecular flexibility index (Phi) is 2.42. The van der Waals surface area contributed by atoms with E-state index in [0.717, 1.165) is 33.4 Å². The summed E-state index contributed by atoms with van der Waals surface area (Å²) in [6.45, 7) is 0. The molecule has 0 saturated heterocycles. The van der Waals surface area contributed by atoms with Crippen molar-refractivity contribution in [1.82, 2.24) is 4.98 Å². The van der Waals surface area contributed by atoms with Gasteiger partial charge >= 0.3 is 0 Å². The summed E-state index contributed by atoms with van der Waals surface area (Å²) in [5.74, 6) is 0.822. The zero-order chi connectivity index (χ0) is 13.4. The van der Waals surface area contributed by atoms with Gasteiger partial charge in [-0.25, -0.2) is 4.98 Å². The third-order valence-electron chi connectivity index (χ3n) is 3.32. The summed E-state index contributed by atoms with van der Waals surface area (Å²) in [7, 11) is 0. The molecule has 2 aromatic carbocycles. The van der Waals surface area contributed by atoms with Crippen LogP contribution in [0.1, 0.15) is 0 Å². The first-order valence-corrected chi connectivity index (χ1v) is 6.49. The molecule has 0 saturated carbocycles. The number of fused-ring (bicyclic) bond motifs is 3. The minimum Gasteiger partial charge on any atom is -0.456 e. The maximum absolute atomic E-state index is 5.87. The number of furan rings is 1. The van der Waals surface area contributed by atoms with E-state index in [1.165, 1.54) is 0 Å². The van der Waals surface area contributed by atoms with Gasteiger partial charge < -0.3 is 9.73 Å². The average Bonchev–Trinajstić information content (AvgIpc) is 2.86. The van der Waals surface area contributed by atoms with Crippen LogP contribution >= 0.6 is 0 Å². The van der Waals surface area contributed by atoms with E-state index in [4.69, 9.17) is 4.42 Å². The summed E-state index contributed by atoms with van der Waals surface area (Å²) in [4.78, 5) is 4.26. The van der Waals surface area contributed by atoms with Gasteiger partial charge in [-0.2, -0.15) is 0 Å². The largest absolute Gasteiger partial charge is 0.456 e. The molecule has 0 aliphatic heterocycles. The van der Waals surface area contributed by atoms with E-state index in [-0.39, 0.29) is 0 Å². The van der Waals surface area contributed by atoms with Gasteiger partial charge in [0.25, 0.3) is 0 Å². The molecule has 0 amide bonds. The van der Waals surface area contributed by atoms with Gasteiger partial charge in [-0.05, 0) is 30.3 Å². The zero-order valence-corrected chi connectivity index (χ0v) is 10.7. The summed E-state index contributed by atoms with van der Waals surface area (Å²) in [6, 6.07) is 20.0. The number of hydrogen-bond acceptors (Lipinski definition) is 3. The van der Waals surface area contributed by atoms with Gasteiger partial charge in [0.2, 0.25) is 0 Å². The molecular weight excluding hydrogens is 248 g/mol. The highest BCUT2D eigenvalue weighted by molar-refractivity contribution is 6.05. The van der Waals surface area contributed by atoms with E-state index in [1.807, 2.05) is 48.5 Å². The van der Waals surface area contributed by atoms with E-state index in [0.29, 0.717) is 0 Å². The fourth-order valence-corrected chi connectivity index (χ4v) is 2.39. The number of rotatable bonds is 2. The normalized spacial score (nSPS) is 11.0. The summed E-state index contributed by atoms with van der Waals surface area (Å²) in [5, 5.41) is 5.55. The van der Waals surface area contributed by atoms with Crippen LogP contribution in [0.3, 0.4) is 0 Å². The van der Waals surface area contributed by atoms with Crippen molar-refractivity contribution in [3.8, 4) is 0 Å².